The Morgan fingerprint density at radius 3 is 1.22 bits per heavy atom. The van der Waals surface area contributed by atoms with Gasteiger partial charge in [-0.3, -0.25) is 9.36 Å². The number of phosphoric acid groups is 1. The number of quaternary nitrogens is 1. The number of amides is 1. The number of aliphatic hydroxyl groups is 1. The van der Waals surface area contributed by atoms with Crippen molar-refractivity contribution in [3.63, 3.8) is 0 Å². The highest BCUT2D eigenvalue weighted by atomic mass is 31.2. The summed E-state index contributed by atoms with van der Waals surface area (Å²) in [7, 11) is 1.26. The molecule has 0 bridgehead atoms. The minimum absolute atomic E-state index is 0.00235. The van der Waals surface area contributed by atoms with Gasteiger partial charge in [0.15, 0.2) is 0 Å². The molecule has 8 nitrogen and oxygen atoms in total. The molecule has 0 aliphatic carbocycles. The second-order valence-corrected chi connectivity index (χ2v) is 23.1. The van der Waals surface area contributed by atoms with E-state index in [9.17, 15) is 19.4 Å². The van der Waals surface area contributed by atoms with Crippen LogP contribution in [-0.2, 0) is 18.4 Å². The second-order valence-electron chi connectivity index (χ2n) is 21.7. The largest absolute Gasteiger partial charge is 0.756 e. The average Bonchev–Trinajstić information content (AvgIpc) is 3.31. The topological polar surface area (TPSA) is 108 Å². The number of unbranched alkanes of at least 4 members (excludes halogenated alkanes) is 38. The van der Waals surface area contributed by atoms with Crippen LogP contribution in [0.25, 0.3) is 0 Å². The molecule has 0 aliphatic heterocycles. The number of hydrogen-bond donors (Lipinski definition) is 2. The molecule has 0 rings (SSSR count). The smallest absolute Gasteiger partial charge is 0.268 e. The molecule has 3 unspecified atom stereocenters. The van der Waals surface area contributed by atoms with Crippen molar-refractivity contribution in [3.8, 4) is 0 Å². The number of carbonyl (C=O) groups excluding carboxylic acids is 1. The van der Waals surface area contributed by atoms with E-state index in [0.717, 1.165) is 51.4 Å². The molecule has 0 aromatic carbocycles. The van der Waals surface area contributed by atoms with E-state index in [1.807, 2.05) is 27.2 Å². The van der Waals surface area contributed by atoms with E-state index in [-0.39, 0.29) is 19.1 Å². The molecule has 408 valence electrons. The molecule has 0 saturated carbocycles. The normalized spacial score (nSPS) is 14.1. The fourth-order valence-electron chi connectivity index (χ4n) is 8.89. The molecule has 0 aromatic rings. The molecule has 3 atom stereocenters. The molecule has 0 spiro atoms. The molecule has 69 heavy (non-hydrogen) atoms. The zero-order valence-electron chi connectivity index (χ0n) is 46.5. The lowest BCUT2D eigenvalue weighted by Gasteiger charge is -2.29. The maximum atomic E-state index is 13.0. The van der Waals surface area contributed by atoms with Gasteiger partial charge >= 0.3 is 0 Å². The Morgan fingerprint density at radius 2 is 0.841 bits per heavy atom. The van der Waals surface area contributed by atoms with E-state index in [0.29, 0.717) is 17.4 Å². The predicted molar refractivity (Wildman–Crippen MR) is 298 cm³/mol. The van der Waals surface area contributed by atoms with Gasteiger partial charge in [0.25, 0.3) is 7.82 Å². The third-order valence-electron chi connectivity index (χ3n) is 13.6. The van der Waals surface area contributed by atoms with E-state index in [1.165, 1.54) is 218 Å². The molecular weight excluding hydrogens is 876 g/mol. The Hall–Kier alpha value is -1.28. The van der Waals surface area contributed by atoms with Crippen LogP contribution in [-0.4, -0.2) is 68.5 Å². The van der Waals surface area contributed by atoms with Crippen LogP contribution in [0.3, 0.4) is 0 Å². The Kier molecular flexibility index (Phi) is 50.7. The van der Waals surface area contributed by atoms with Crippen LogP contribution in [0.5, 0.6) is 0 Å². The van der Waals surface area contributed by atoms with Crippen molar-refractivity contribution >= 4 is 13.7 Å². The highest BCUT2D eigenvalue weighted by Crippen LogP contribution is 2.38. The summed E-state index contributed by atoms with van der Waals surface area (Å²) in [6.45, 7) is 4.66. The van der Waals surface area contributed by atoms with Crippen molar-refractivity contribution in [2.75, 3.05) is 40.9 Å². The van der Waals surface area contributed by atoms with Gasteiger partial charge in [-0.25, -0.2) is 0 Å². The van der Waals surface area contributed by atoms with Gasteiger partial charge in [-0.2, -0.15) is 0 Å². The number of likely N-dealkylation sites (N-methyl/N-ethyl adjacent to an activating group) is 1. The van der Waals surface area contributed by atoms with E-state index in [2.05, 4.69) is 43.5 Å². The minimum atomic E-state index is -4.60. The van der Waals surface area contributed by atoms with Crippen LogP contribution in [0.4, 0.5) is 0 Å². The minimum Gasteiger partial charge on any atom is -0.756 e. The molecule has 0 saturated heterocycles. The van der Waals surface area contributed by atoms with Gasteiger partial charge in [-0.05, 0) is 51.4 Å². The number of phosphoric ester groups is 1. The summed E-state index contributed by atoms with van der Waals surface area (Å²) in [6.07, 6.45) is 66.6. The maximum absolute atomic E-state index is 13.0. The number of aliphatic hydroxyl groups excluding tert-OH is 1. The van der Waals surface area contributed by atoms with E-state index >= 15 is 0 Å². The van der Waals surface area contributed by atoms with Crippen molar-refractivity contribution in [2.24, 2.45) is 0 Å². The fraction of sp³-hybridized carbons (Fsp3) is 0.883. The third-order valence-corrected chi connectivity index (χ3v) is 14.6. The number of carbonyl (C=O) groups is 1. The van der Waals surface area contributed by atoms with Gasteiger partial charge in [0.1, 0.15) is 13.2 Å². The van der Waals surface area contributed by atoms with Crippen molar-refractivity contribution < 1.29 is 32.9 Å². The first kappa shape index (κ1) is 67.7. The lowest BCUT2D eigenvalue weighted by molar-refractivity contribution is -0.870. The van der Waals surface area contributed by atoms with Crippen molar-refractivity contribution in [3.05, 3.63) is 36.5 Å². The van der Waals surface area contributed by atoms with E-state index < -0.39 is 20.0 Å². The van der Waals surface area contributed by atoms with Gasteiger partial charge in [-0.1, -0.05) is 269 Å². The highest BCUT2D eigenvalue weighted by molar-refractivity contribution is 7.45. The lowest BCUT2D eigenvalue weighted by Crippen LogP contribution is -2.45. The van der Waals surface area contributed by atoms with E-state index in [1.54, 1.807) is 6.08 Å². The van der Waals surface area contributed by atoms with Gasteiger partial charge in [0, 0.05) is 6.42 Å². The van der Waals surface area contributed by atoms with E-state index in [4.69, 9.17) is 9.05 Å². The Balaban J connectivity index is 4.14. The number of nitrogens with zero attached hydrogens (tertiary/aromatic N) is 1. The summed E-state index contributed by atoms with van der Waals surface area (Å²) >= 11 is 0. The van der Waals surface area contributed by atoms with Gasteiger partial charge in [0.2, 0.25) is 5.91 Å². The van der Waals surface area contributed by atoms with Gasteiger partial charge in [0.05, 0.1) is 39.9 Å². The molecule has 9 heteroatoms. The SMILES string of the molecule is CCCCCC/C=C\C/C=C\CCCCCCCCCC(=O)NC(COP(=O)([O-])OCC[N+](C)(C)C)C(O)/C=C/CCCCCCCCCCCCCCCCCCCCCCCCCCCCC. The van der Waals surface area contributed by atoms with Crippen molar-refractivity contribution in [1.29, 1.82) is 0 Å². The number of rotatable bonds is 55. The van der Waals surface area contributed by atoms with Crippen molar-refractivity contribution in [2.45, 2.75) is 302 Å². The first-order valence-electron chi connectivity index (χ1n) is 29.9. The first-order valence-corrected chi connectivity index (χ1v) is 31.3. The van der Waals surface area contributed by atoms with Crippen LogP contribution in [0.1, 0.15) is 290 Å². The van der Waals surface area contributed by atoms with Crippen LogP contribution >= 0.6 is 7.82 Å². The highest BCUT2D eigenvalue weighted by Gasteiger charge is 2.23. The average molecular weight is 994 g/mol. The Bertz CT molecular complexity index is 1220. The molecule has 0 aliphatic rings. The standard InChI is InChI=1S/C60H117N2O6P/c1-6-8-10-12-14-16-18-20-22-24-26-27-28-29-30-31-32-33-34-35-36-37-39-41-43-45-47-49-51-53-59(63)58(57-68-69(65,66)67-56-55-62(3,4)5)61-60(64)54-52-50-48-46-44-42-40-38-25-23-21-19-17-15-13-11-9-7-2/h17,19,23,25,51,53,58-59,63H,6-16,18,20-22,24,26-50,52,54-57H2,1-5H3,(H-,61,64,65,66)/b19-17-,25-23-,53-51+. The predicted octanol–water partition coefficient (Wildman–Crippen LogP) is 17.5. The molecular formula is C60H117N2O6P. The molecule has 0 radical (unpaired) electrons. The Morgan fingerprint density at radius 1 is 0.507 bits per heavy atom. The summed E-state index contributed by atoms with van der Waals surface area (Å²) in [5.41, 5.74) is 0. The van der Waals surface area contributed by atoms with Crippen LogP contribution < -0.4 is 10.2 Å². The number of nitrogens with one attached hydrogen (secondary N) is 1. The van der Waals surface area contributed by atoms with Crippen LogP contribution in [0.15, 0.2) is 36.5 Å². The van der Waals surface area contributed by atoms with Crippen LogP contribution in [0, 0.1) is 0 Å². The Labute approximate surface area is 429 Å². The monoisotopic (exact) mass is 993 g/mol. The first-order chi connectivity index (χ1) is 33.5. The third kappa shape index (κ3) is 54.3. The van der Waals surface area contributed by atoms with Crippen LogP contribution in [0.2, 0.25) is 0 Å². The summed E-state index contributed by atoms with van der Waals surface area (Å²) < 4.78 is 23.4. The summed E-state index contributed by atoms with van der Waals surface area (Å²) in [4.78, 5) is 25.5. The van der Waals surface area contributed by atoms with Gasteiger partial charge in [-0.15, -0.1) is 0 Å². The summed E-state index contributed by atoms with van der Waals surface area (Å²) in [5.74, 6) is -0.202. The molecule has 1 amide bonds. The summed E-state index contributed by atoms with van der Waals surface area (Å²) in [5, 5.41) is 13.9. The summed E-state index contributed by atoms with van der Waals surface area (Å²) in [6, 6.07) is -0.891. The lowest BCUT2D eigenvalue weighted by atomic mass is 10.0. The molecule has 2 N–H and O–H groups in total. The fourth-order valence-corrected chi connectivity index (χ4v) is 9.61. The number of allylic oxidation sites excluding steroid dienone is 5. The zero-order valence-corrected chi connectivity index (χ0v) is 47.4. The molecule has 0 aromatic heterocycles. The van der Waals surface area contributed by atoms with Crippen molar-refractivity contribution in [1.82, 2.24) is 5.32 Å². The zero-order chi connectivity index (χ0) is 50.6. The van der Waals surface area contributed by atoms with Gasteiger partial charge < -0.3 is 28.8 Å². The molecule has 0 fully saturated rings. The maximum Gasteiger partial charge on any atom is 0.268 e. The second kappa shape index (κ2) is 51.6. The number of hydrogen-bond acceptors (Lipinski definition) is 6. The molecule has 0 heterocycles. The quantitative estimate of drug-likeness (QED) is 0.0272.